The van der Waals surface area contributed by atoms with Gasteiger partial charge in [0.2, 0.25) is 11.8 Å². The fraction of sp³-hybridized carbons (Fsp3) is 0.750. The third-order valence-corrected chi connectivity index (χ3v) is 5.94. The lowest BCUT2D eigenvalue weighted by Gasteiger charge is -2.09. The summed E-state index contributed by atoms with van der Waals surface area (Å²) in [5, 5.41) is 10.9. The highest BCUT2D eigenvalue weighted by Gasteiger charge is 2.32. The Bertz CT molecular complexity index is 599. The van der Waals surface area contributed by atoms with E-state index in [2.05, 4.69) is 15.5 Å². The second kappa shape index (κ2) is 6.78. The average molecular weight is 333 g/mol. The van der Waals surface area contributed by atoms with Crippen LogP contribution in [0.4, 0.5) is 0 Å². The Morgan fingerprint density at radius 1 is 1.52 bits per heavy atom. The van der Waals surface area contributed by atoms with Crippen molar-refractivity contribution in [3.8, 4) is 0 Å². The van der Waals surface area contributed by atoms with Gasteiger partial charge in [-0.15, -0.1) is 10.2 Å². The van der Waals surface area contributed by atoms with E-state index in [9.17, 15) is 13.2 Å². The predicted molar refractivity (Wildman–Crippen MR) is 78.9 cm³/mol. The van der Waals surface area contributed by atoms with Crippen LogP contribution in [0.3, 0.4) is 0 Å². The molecule has 1 saturated heterocycles. The normalized spacial score (nSPS) is 22.1. The molecule has 1 amide bonds. The van der Waals surface area contributed by atoms with Gasteiger partial charge in [-0.1, -0.05) is 18.7 Å². The zero-order chi connectivity index (χ0) is 15.5. The van der Waals surface area contributed by atoms with Crippen molar-refractivity contribution in [2.75, 3.05) is 17.3 Å². The SMILES string of the molecule is CC[C@@H](C)NC(=O)CSc1nnc([C@@H]2CCS(=O)(=O)C2)o1. The molecule has 0 radical (unpaired) electrons. The van der Waals surface area contributed by atoms with Gasteiger partial charge in [-0.05, 0) is 19.8 Å². The first kappa shape index (κ1) is 16.3. The number of carbonyl (C=O) groups excluding carboxylic acids is 1. The van der Waals surface area contributed by atoms with E-state index >= 15 is 0 Å². The number of hydrogen-bond acceptors (Lipinski definition) is 7. The zero-order valence-electron chi connectivity index (χ0n) is 12.0. The Labute approximate surface area is 128 Å². The van der Waals surface area contributed by atoms with Crippen LogP contribution in [-0.2, 0) is 14.6 Å². The summed E-state index contributed by atoms with van der Waals surface area (Å²) in [5.41, 5.74) is 0. The van der Waals surface area contributed by atoms with Gasteiger partial charge < -0.3 is 9.73 Å². The second-order valence-corrected chi connectivity index (χ2v) is 8.33. The van der Waals surface area contributed by atoms with Gasteiger partial charge in [-0.3, -0.25) is 4.79 Å². The van der Waals surface area contributed by atoms with E-state index in [0.717, 1.165) is 18.2 Å². The van der Waals surface area contributed by atoms with Crippen molar-refractivity contribution in [1.82, 2.24) is 15.5 Å². The molecule has 7 nitrogen and oxygen atoms in total. The van der Waals surface area contributed by atoms with Gasteiger partial charge in [0.1, 0.15) is 0 Å². The molecular formula is C12H19N3O4S2. The van der Waals surface area contributed by atoms with E-state index in [1.54, 1.807) is 0 Å². The lowest BCUT2D eigenvalue weighted by molar-refractivity contribution is -0.119. The van der Waals surface area contributed by atoms with Crippen molar-refractivity contribution in [3.63, 3.8) is 0 Å². The lowest BCUT2D eigenvalue weighted by Crippen LogP contribution is -2.33. The molecular weight excluding hydrogens is 314 g/mol. The van der Waals surface area contributed by atoms with Crippen molar-refractivity contribution in [2.45, 2.75) is 43.9 Å². The van der Waals surface area contributed by atoms with Gasteiger partial charge >= 0.3 is 0 Å². The standard InChI is InChI=1S/C12H19N3O4S2/c1-3-8(2)13-10(16)6-20-12-15-14-11(19-12)9-4-5-21(17,18)7-9/h8-9H,3-7H2,1-2H3,(H,13,16)/t8-,9-/m1/s1. The van der Waals surface area contributed by atoms with Crippen LogP contribution in [0.2, 0.25) is 0 Å². The first-order chi connectivity index (χ1) is 9.89. The van der Waals surface area contributed by atoms with Crippen molar-refractivity contribution in [3.05, 3.63) is 5.89 Å². The number of amides is 1. The quantitative estimate of drug-likeness (QED) is 0.774. The maximum Gasteiger partial charge on any atom is 0.277 e. The smallest absolute Gasteiger partial charge is 0.277 e. The lowest BCUT2D eigenvalue weighted by atomic mass is 10.1. The molecule has 1 N–H and O–H groups in total. The topological polar surface area (TPSA) is 102 Å². The number of hydrogen-bond donors (Lipinski definition) is 1. The number of rotatable bonds is 6. The number of thioether (sulfide) groups is 1. The van der Waals surface area contributed by atoms with E-state index in [4.69, 9.17) is 4.42 Å². The minimum Gasteiger partial charge on any atom is -0.416 e. The Morgan fingerprint density at radius 2 is 2.29 bits per heavy atom. The maximum absolute atomic E-state index is 11.6. The van der Waals surface area contributed by atoms with Crippen LogP contribution < -0.4 is 5.32 Å². The Hall–Kier alpha value is -1.09. The first-order valence-corrected chi connectivity index (χ1v) is 9.66. The van der Waals surface area contributed by atoms with E-state index < -0.39 is 9.84 Å². The minimum absolute atomic E-state index is 0.0633. The molecule has 1 aliphatic rings. The third-order valence-electron chi connectivity index (χ3n) is 3.35. The van der Waals surface area contributed by atoms with Gasteiger partial charge in [-0.2, -0.15) is 0 Å². The minimum atomic E-state index is -2.98. The van der Waals surface area contributed by atoms with Crippen molar-refractivity contribution in [2.24, 2.45) is 0 Å². The number of sulfone groups is 1. The largest absolute Gasteiger partial charge is 0.416 e. The molecule has 21 heavy (non-hydrogen) atoms. The number of nitrogens with one attached hydrogen (secondary N) is 1. The molecule has 0 aromatic carbocycles. The Balaban J connectivity index is 1.85. The molecule has 0 saturated carbocycles. The molecule has 2 rings (SSSR count). The van der Waals surface area contributed by atoms with Gasteiger partial charge in [0.05, 0.1) is 23.2 Å². The molecule has 0 unspecified atom stereocenters. The molecule has 0 bridgehead atoms. The fourth-order valence-corrected chi connectivity index (χ4v) is 4.29. The highest BCUT2D eigenvalue weighted by atomic mass is 32.2. The van der Waals surface area contributed by atoms with Crippen LogP contribution in [0.1, 0.15) is 38.5 Å². The maximum atomic E-state index is 11.6. The fourth-order valence-electron chi connectivity index (χ4n) is 1.98. The highest BCUT2D eigenvalue weighted by molar-refractivity contribution is 7.99. The van der Waals surface area contributed by atoms with Gasteiger partial charge in [0, 0.05) is 6.04 Å². The van der Waals surface area contributed by atoms with Crippen molar-refractivity contribution >= 4 is 27.5 Å². The summed E-state index contributed by atoms with van der Waals surface area (Å²) in [4.78, 5) is 11.6. The molecule has 2 heterocycles. The molecule has 1 aromatic rings. The summed E-state index contributed by atoms with van der Waals surface area (Å²) in [7, 11) is -2.98. The zero-order valence-corrected chi connectivity index (χ0v) is 13.7. The van der Waals surface area contributed by atoms with Crippen molar-refractivity contribution in [1.29, 1.82) is 0 Å². The van der Waals surface area contributed by atoms with Crippen LogP contribution in [0, 0.1) is 0 Å². The first-order valence-electron chi connectivity index (χ1n) is 6.85. The molecule has 1 aliphatic heterocycles. The number of carbonyl (C=O) groups is 1. The van der Waals surface area contributed by atoms with Crippen LogP contribution in [0.25, 0.3) is 0 Å². The summed E-state index contributed by atoms with van der Waals surface area (Å²) < 4.78 is 28.3. The van der Waals surface area contributed by atoms with Crippen LogP contribution >= 0.6 is 11.8 Å². The molecule has 1 aromatic heterocycles. The average Bonchev–Trinajstić information content (AvgIpc) is 3.02. The monoisotopic (exact) mass is 333 g/mol. The Morgan fingerprint density at radius 3 is 2.90 bits per heavy atom. The van der Waals surface area contributed by atoms with Crippen LogP contribution in [0.5, 0.6) is 0 Å². The summed E-state index contributed by atoms with van der Waals surface area (Å²) in [6.07, 6.45) is 1.39. The van der Waals surface area contributed by atoms with E-state index in [-0.39, 0.29) is 35.1 Å². The second-order valence-electron chi connectivity index (χ2n) is 5.17. The molecule has 9 heteroatoms. The van der Waals surface area contributed by atoms with Crippen LogP contribution in [-0.4, -0.2) is 47.8 Å². The summed E-state index contributed by atoms with van der Waals surface area (Å²) in [5.74, 6) is 0.479. The third kappa shape index (κ3) is 4.70. The van der Waals surface area contributed by atoms with Crippen LogP contribution in [0.15, 0.2) is 9.64 Å². The number of aromatic nitrogens is 2. The predicted octanol–water partition coefficient (Wildman–Crippen LogP) is 0.979. The van der Waals surface area contributed by atoms with Crippen molar-refractivity contribution < 1.29 is 17.6 Å². The molecule has 0 aliphatic carbocycles. The van der Waals surface area contributed by atoms with Gasteiger partial charge in [0.15, 0.2) is 9.84 Å². The summed E-state index contributed by atoms with van der Waals surface area (Å²) >= 11 is 1.16. The molecule has 2 atom stereocenters. The Kier molecular flexibility index (Phi) is 5.26. The van der Waals surface area contributed by atoms with Gasteiger partial charge in [-0.25, -0.2) is 8.42 Å². The summed E-state index contributed by atoms with van der Waals surface area (Å²) in [6.45, 7) is 3.94. The summed E-state index contributed by atoms with van der Waals surface area (Å²) in [6, 6.07) is 0.139. The number of nitrogens with zero attached hydrogens (tertiary/aromatic N) is 2. The van der Waals surface area contributed by atoms with E-state index in [1.165, 1.54) is 0 Å². The van der Waals surface area contributed by atoms with E-state index in [0.29, 0.717) is 17.5 Å². The molecule has 0 spiro atoms. The highest BCUT2D eigenvalue weighted by Crippen LogP contribution is 2.29. The van der Waals surface area contributed by atoms with Gasteiger partial charge in [0.25, 0.3) is 5.22 Å². The molecule has 1 fully saturated rings. The molecule has 118 valence electrons. The van der Waals surface area contributed by atoms with E-state index in [1.807, 2.05) is 13.8 Å².